The first-order valence-corrected chi connectivity index (χ1v) is 11.3. The number of thiazole rings is 1. The number of aliphatic hydroxyl groups excluding tert-OH is 2. The first-order chi connectivity index (χ1) is 13.7. The van der Waals surface area contributed by atoms with E-state index in [0.29, 0.717) is 24.4 Å². The second-order valence-corrected chi connectivity index (χ2v) is 10.7. The van der Waals surface area contributed by atoms with E-state index >= 15 is 0 Å². The number of aliphatic hydroxyl groups is 2. The minimum absolute atomic E-state index is 0.00335. The van der Waals surface area contributed by atoms with E-state index < -0.39 is 17.5 Å². The molecule has 29 heavy (non-hydrogen) atoms. The van der Waals surface area contributed by atoms with Gasteiger partial charge in [0.2, 0.25) is 5.91 Å². The Morgan fingerprint density at radius 1 is 1.28 bits per heavy atom. The number of carboxylic acid groups (broad SMARTS) is 1. The molecule has 7 nitrogen and oxygen atoms in total. The van der Waals surface area contributed by atoms with Crippen LogP contribution >= 0.6 is 11.3 Å². The van der Waals surface area contributed by atoms with E-state index in [-0.39, 0.29) is 42.1 Å². The van der Waals surface area contributed by atoms with E-state index in [1.54, 1.807) is 0 Å². The van der Waals surface area contributed by atoms with Crippen molar-refractivity contribution in [3.05, 3.63) is 10.6 Å². The maximum absolute atomic E-state index is 12.4. The zero-order chi connectivity index (χ0) is 21.0. The molecule has 5 unspecified atom stereocenters. The summed E-state index contributed by atoms with van der Waals surface area (Å²) < 4.78 is 0. The maximum atomic E-state index is 12.4. The van der Waals surface area contributed by atoms with Crippen molar-refractivity contribution in [1.29, 1.82) is 0 Å². The molecule has 2 fully saturated rings. The summed E-state index contributed by atoms with van der Waals surface area (Å²) in [6, 6.07) is 0. The Balaban J connectivity index is 1.71. The zero-order valence-electron chi connectivity index (χ0n) is 17.0. The van der Waals surface area contributed by atoms with Crippen LogP contribution in [0.3, 0.4) is 0 Å². The van der Waals surface area contributed by atoms with Crippen LogP contribution < -0.4 is 5.32 Å². The topological polar surface area (TPSA) is 120 Å². The number of nitrogens with one attached hydrogen (secondary N) is 1. The number of hydrogen-bond donors (Lipinski definition) is 4. The van der Waals surface area contributed by atoms with E-state index in [9.17, 15) is 24.9 Å². The molecule has 0 saturated heterocycles. The van der Waals surface area contributed by atoms with Gasteiger partial charge in [-0.1, -0.05) is 20.3 Å². The smallest absolute Gasteiger partial charge is 0.304 e. The number of amides is 1. The molecule has 0 radical (unpaired) electrons. The first-order valence-electron chi connectivity index (χ1n) is 10.5. The average Bonchev–Trinajstić information content (AvgIpc) is 3.00. The van der Waals surface area contributed by atoms with E-state index in [0.717, 1.165) is 29.8 Å². The van der Waals surface area contributed by atoms with Gasteiger partial charge in [-0.2, -0.15) is 0 Å². The summed E-state index contributed by atoms with van der Waals surface area (Å²) in [4.78, 5) is 29.7. The summed E-state index contributed by atoms with van der Waals surface area (Å²) in [6.45, 7) is 3.84. The highest BCUT2D eigenvalue weighted by molar-refractivity contribution is 7.15. The normalized spacial score (nSPS) is 36.6. The minimum atomic E-state index is -0.882. The largest absolute Gasteiger partial charge is 0.481 e. The van der Waals surface area contributed by atoms with Gasteiger partial charge in [0.1, 0.15) is 0 Å². The van der Waals surface area contributed by atoms with Crippen LogP contribution in [0.5, 0.6) is 0 Å². The van der Waals surface area contributed by atoms with E-state index in [1.165, 1.54) is 11.3 Å². The van der Waals surface area contributed by atoms with Crippen molar-refractivity contribution in [3.8, 4) is 0 Å². The SMILES string of the molecule is CC1(CO)C(O)CCC2(C)C(CC(=O)O)c3nc(NC(=O)C4CCC4)sc3CC12. The Hall–Kier alpha value is -1.51. The summed E-state index contributed by atoms with van der Waals surface area (Å²) in [5.74, 6) is -1.20. The van der Waals surface area contributed by atoms with E-state index in [1.807, 2.05) is 6.92 Å². The molecule has 4 N–H and O–H groups in total. The molecule has 0 aromatic carbocycles. The third-order valence-electron chi connectivity index (χ3n) is 7.98. The molecule has 1 amide bonds. The van der Waals surface area contributed by atoms with Crippen molar-refractivity contribution in [3.63, 3.8) is 0 Å². The summed E-state index contributed by atoms with van der Waals surface area (Å²) in [7, 11) is 0. The predicted molar refractivity (Wildman–Crippen MR) is 109 cm³/mol. The molecule has 5 atom stereocenters. The van der Waals surface area contributed by atoms with Gasteiger partial charge in [0, 0.05) is 22.1 Å². The molecule has 1 aromatic rings. The van der Waals surface area contributed by atoms with Crippen LogP contribution in [0.4, 0.5) is 5.13 Å². The molecule has 0 bridgehead atoms. The zero-order valence-corrected chi connectivity index (χ0v) is 17.8. The van der Waals surface area contributed by atoms with Crippen molar-refractivity contribution >= 4 is 28.3 Å². The highest BCUT2D eigenvalue weighted by Gasteiger charge is 2.59. The van der Waals surface area contributed by atoms with Crippen LogP contribution in [0.2, 0.25) is 0 Å². The number of nitrogens with zero attached hydrogens (tertiary/aromatic N) is 1. The molecule has 160 valence electrons. The number of aromatic nitrogens is 1. The Morgan fingerprint density at radius 2 is 2.00 bits per heavy atom. The van der Waals surface area contributed by atoms with Crippen molar-refractivity contribution in [1.82, 2.24) is 4.98 Å². The number of anilines is 1. The fourth-order valence-electron chi connectivity index (χ4n) is 5.75. The number of carbonyl (C=O) groups is 2. The van der Waals surface area contributed by atoms with Gasteiger partial charge in [-0.15, -0.1) is 11.3 Å². The lowest BCUT2D eigenvalue weighted by Crippen LogP contribution is -2.57. The second-order valence-electron chi connectivity index (χ2n) is 9.58. The van der Waals surface area contributed by atoms with Crippen LogP contribution in [-0.2, 0) is 16.0 Å². The van der Waals surface area contributed by atoms with Gasteiger partial charge in [-0.3, -0.25) is 9.59 Å². The van der Waals surface area contributed by atoms with Gasteiger partial charge in [-0.05, 0) is 43.4 Å². The minimum Gasteiger partial charge on any atom is -0.481 e. The van der Waals surface area contributed by atoms with Crippen LogP contribution in [0.15, 0.2) is 0 Å². The standard InChI is InChI=1S/C21H30N2O5S/c1-20-7-6-15(25)21(2,10-24)14(20)9-13-17(12(20)8-16(26)27)22-19(29-13)23-18(28)11-4-3-5-11/h11-12,14-15,24-25H,3-10H2,1-2H3,(H,26,27)(H,22,23,28). The quantitative estimate of drug-likeness (QED) is 0.579. The summed E-state index contributed by atoms with van der Waals surface area (Å²) in [5.41, 5.74) is -0.302. The van der Waals surface area contributed by atoms with Gasteiger partial charge in [0.05, 0.1) is 24.8 Å². The summed E-state index contributed by atoms with van der Waals surface area (Å²) >= 11 is 1.41. The van der Waals surface area contributed by atoms with Gasteiger partial charge < -0.3 is 20.6 Å². The number of aliphatic carboxylic acids is 1. The Morgan fingerprint density at radius 3 is 2.59 bits per heavy atom. The van der Waals surface area contributed by atoms with Crippen molar-refractivity contribution in [2.45, 2.75) is 70.8 Å². The fourth-order valence-corrected chi connectivity index (χ4v) is 6.82. The van der Waals surface area contributed by atoms with Gasteiger partial charge in [-0.25, -0.2) is 4.98 Å². The molecular weight excluding hydrogens is 392 g/mol. The van der Waals surface area contributed by atoms with Gasteiger partial charge >= 0.3 is 5.97 Å². The predicted octanol–water partition coefficient (Wildman–Crippen LogP) is 2.77. The highest BCUT2D eigenvalue weighted by atomic mass is 32.1. The number of hydrogen-bond acceptors (Lipinski definition) is 6. The van der Waals surface area contributed by atoms with Crippen molar-refractivity contribution in [2.24, 2.45) is 22.7 Å². The highest BCUT2D eigenvalue weighted by Crippen LogP contribution is 2.62. The molecule has 1 aromatic heterocycles. The number of rotatable bonds is 5. The molecule has 3 aliphatic carbocycles. The number of carbonyl (C=O) groups excluding carboxylic acids is 1. The lowest BCUT2D eigenvalue weighted by Gasteiger charge is -2.58. The number of carboxylic acids is 1. The monoisotopic (exact) mass is 422 g/mol. The van der Waals surface area contributed by atoms with E-state index in [2.05, 4.69) is 12.2 Å². The summed E-state index contributed by atoms with van der Waals surface area (Å²) in [6.07, 6.45) is 4.08. The van der Waals surface area contributed by atoms with Gasteiger partial charge in [0.15, 0.2) is 5.13 Å². The van der Waals surface area contributed by atoms with Crippen LogP contribution in [-0.4, -0.2) is 44.9 Å². The Kier molecular flexibility index (Phi) is 5.24. The second kappa shape index (κ2) is 7.32. The van der Waals surface area contributed by atoms with Crippen LogP contribution in [0.25, 0.3) is 0 Å². The molecular formula is C21H30N2O5S. The third-order valence-corrected chi connectivity index (χ3v) is 8.99. The summed E-state index contributed by atoms with van der Waals surface area (Å²) in [5, 5.41) is 33.9. The van der Waals surface area contributed by atoms with Gasteiger partial charge in [0.25, 0.3) is 0 Å². The third kappa shape index (κ3) is 3.29. The molecule has 0 spiro atoms. The van der Waals surface area contributed by atoms with Crippen molar-refractivity contribution in [2.75, 3.05) is 11.9 Å². The Labute approximate surface area is 174 Å². The average molecular weight is 423 g/mol. The maximum Gasteiger partial charge on any atom is 0.304 e. The van der Waals surface area contributed by atoms with Crippen LogP contribution in [0, 0.1) is 22.7 Å². The van der Waals surface area contributed by atoms with Crippen molar-refractivity contribution < 1.29 is 24.9 Å². The molecule has 1 heterocycles. The number of fused-ring (bicyclic) bond motifs is 2. The Bertz CT molecular complexity index is 822. The first kappa shape index (κ1) is 20.8. The lowest BCUT2D eigenvalue weighted by molar-refractivity contribution is -0.150. The molecule has 2 saturated carbocycles. The fraction of sp³-hybridized carbons (Fsp3) is 0.762. The van der Waals surface area contributed by atoms with Crippen LogP contribution in [0.1, 0.15) is 68.9 Å². The molecule has 8 heteroatoms. The molecule has 4 rings (SSSR count). The lowest BCUT2D eigenvalue weighted by atomic mass is 9.47. The molecule has 0 aliphatic heterocycles. The van der Waals surface area contributed by atoms with E-state index in [4.69, 9.17) is 4.98 Å². The molecule has 3 aliphatic rings.